The van der Waals surface area contributed by atoms with Gasteiger partial charge >= 0.3 is 5.97 Å². The van der Waals surface area contributed by atoms with Crippen molar-refractivity contribution in [2.75, 3.05) is 6.54 Å². The van der Waals surface area contributed by atoms with Crippen molar-refractivity contribution < 1.29 is 9.53 Å². The van der Waals surface area contributed by atoms with Gasteiger partial charge in [0.15, 0.2) is 0 Å². The molecule has 1 aromatic rings. The average molecular weight is 287 g/mol. The van der Waals surface area contributed by atoms with E-state index in [2.05, 4.69) is 18.3 Å². The zero-order chi connectivity index (χ0) is 14.7. The van der Waals surface area contributed by atoms with E-state index < -0.39 is 0 Å². The number of carbonyl (C=O) groups is 1. The van der Waals surface area contributed by atoms with Gasteiger partial charge in [-0.15, -0.1) is 0 Å². The Morgan fingerprint density at radius 2 is 2.14 bits per heavy atom. The predicted molar refractivity (Wildman–Crippen MR) is 83.3 cm³/mol. The van der Waals surface area contributed by atoms with Crippen molar-refractivity contribution in [3.05, 3.63) is 34.9 Å². The van der Waals surface area contributed by atoms with Gasteiger partial charge in [0.2, 0.25) is 0 Å². The van der Waals surface area contributed by atoms with Crippen LogP contribution in [0.1, 0.15) is 60.5 Å². The molecule has 114 valence electrons. The minimum absolute atomic E-state index is 0.116. The fourth-order valence-electron chi connectivity index (χ4n) is 3.61. The highest BCUT2D eigenvalue weighted by Crippen LogP contribution is 2.30. The fraction of sp³-hybridized carbons (Fsp3) is 0.611. The van der Waals surface area contributed by atoms with Gasteiger partial charge in [0, 0.05) is 6.54 Å². The lowest BCUT2D eigenvalue weighted by Gasteiger charge is -2.30. The average Bonchev–Trinajstić information content (AvgIpc) is 2.55. The summed E-state index contributed by atoms with van der Waals surface area (Å²) in [4.78, 5) is 12.4. The second kappa shape index (κ2) is 6.61. The highest BCUT2D eigenvalue weighted by atomic mass is 16.5. The van der Waals surface area contributed by atoms with Gasteiger partial charge in [-0.1, -0.05) is 19.4 Å². The van der Waals surface area contributed by atoms with E-state index >= 15 is 0 Å². The second-order valence-corrected chi connectivity index (χ2v) is 6.31. The number of esters is 1. The van der Waals surface area contributed by atoms with Gasteiger partial charge in [-0.05, 0) is 67.8 Å². The van der Waals surface area contributed by atoms with Crippen molar-refractivity contribution in [2.45, 2.75) is 58.1 Å². The van der Waals surface area contributed by atoms with E-state index in [9.17, 15) is 4.79 Å². The quantitative estimate of drug-likeness (QED) is 0.865. The molecule has 1 aromatic carbocycles. The van der Waals surface area contributed by atoms with Crippen molar-refractivity contribution in [1.82, 2.24) is 5.32 Å². The number of benzene rings is 1. The van der Waals surface area contributed by atoms with Crippen LogP contribution < -0.4 is 5.32 Å². The molecule has 1 fully saturated rings. The molecular formula is C18H25NO2. The van der Waals surface area contributed by atoms with Crippen LogP contribution in [-0.2, 0) is 17.7 Å². The Morgan fingerprint density at radius 3 is 3.00 bits per heavy atom. The molecule has 0 spiro atoms. The molecule has 0 bridgehead atoms. The van der Waals surface area contributed by atoms with Gasteiger partial charge < -0.3 is 10.1 Å². The Morgan fingerprint density at radius 1 is 1.29 bits per heavy atom. The number of carbonyl (C=O) groups excluding carboxylic acids is 1. The third-order valence-corrected chi connectivity index (χ3v) is 4.95. The molecule has 0 radical (unpaired) electrons. The second-order valence-electron chi connectivity index (χ2n) is 6.31. The monoisotopic (exact) mass is 287 g/mol. The summed E-state index contributed by atoms with van der Waals surface area (Å²) < 4.78 is 5.81. The highest BCUT2D eigenvalue weighted by Gasteiger charge is 2.27. The Kier molecular flexibility index (Phi) is 4.59. The summed E-state index contributed by atoms with van der Waals surface area (Å²) in [5.41, 5.74) is 3.30. The third-order valence-electron chi connectivity index (χ3n) is 4.95. The topological polar surface area (TPSA) is 38.3 Å². The van der Waals surface area contributed by atoms with Crippen LogP contribution in [0.2, 0.25) is 0 Å². The van der Waals surface area contributed by atoms with Gasteiger partial charge in [0.1, 0.15) is 6.10 Å². The molecule has 3 rings (SSSR count). The smallest absolute Gasteiger partial charge is 0.338 e. The number of rotatable bonds is 3. The predicted octanol–water partition coefficient (Wildman–Crippen LogP) is 3.46. The first-order valence-corrected chi connectivity index (χ1v) is 8.31. The summed E-state index contributed by atoms with van der Waals surface area (Å²) in [6.07, 6.45) is 6.95. The summed E-state index contributed by atoms with van der Waals surface area (Å²) in [7, 11) is 0. The minimum Gasteiger partial charge on any atom is -0.458 e. The Bertz CT molecular complexity index is 512. The van der Waals surface area contributed by atoms with E-state index in [-0.39, 0.29) is 12.1 Å². The fourth-order valence-corrected chi connectivity index (χ4v) is 3.61. The summed E-state index contributed by atoms with van der Waals surface area (Å²) >= 11 is 0. The Hall–Kier alpha value is -1.35. The first-order valence-electron chi connectivity index (χ1n) is 8.31. The lowest BCUT2D eigenvalue weighted by atomic mass is 9.85. The molecule has 2 aliphatic rings. The summed E-state index contributed by atoms with van der Waals surface area (Å²) in [6.45, 7) is 4.08. The third kappa shape index (κ3) is 3.29. The van der Waals surface area contributed by atoms with Gasteiger partial charge in [0.05, 0.1) is 5.56 Å². The van der Waals surface area contributed by atoms with E-state index in [4.69, 9.17) is 4.74 Å². The molecule has 1 N–H and O–H groups in total. The van der Waals surface area contributed by atoms with Crippen molar-refractivity contribution >= 4 is 5.97 Å². The van der Waals surface area contributed by atoms with E-state index in [1.165, 1.54) is 30.4 Å². The van der Waals surface area contributed by atoms with Crippen molar-refractivity contribution in [2.24, 2.45) is 5.92 Å². The van der Waals surface area contributed by atoms with Crippen LogP contribution >= 0.6 is 0 Å². The maximum absolute atomic E-state index is 12.4. The molecule has 3 nitrogen and oxygen atoms in total. The molecule has 2 unspecified atom stereocenters. The summed E-state index contributed by atoms with van der Waals surface area (Å²) in [6, 6.07) is 6.02. The molecule has 0 amide bonds. The number of nitrogens with one attached hydrogen (secondary N) is 1. The SMILES string of the molecule is CCC1CCCCC1OC(=O)c1ccc2c(c1)CNCC2. The van der Waals surface area contributed by atoms with Gasteiger partial charge in [-0.25, -0.2) is 4.79 Å². The van der Waals surface area contributed by atoms with Crippen LogP contribution in [0.3, 0.4) is 0 Å². The van der Waals surface area contributed by atoms with Crippen LogP contribution in [-0.4, -0.2) is 18.6 Å². The molecule has 1 aliphatic carbocycles. The van der Waals surface area contributed by atoms with Gasteiger partial charge in [0.25, 0.3) is 0 Å². The number of fused-ring (bicyclic) bond motifs is 1. The molecule has 0 aromatic heterocycles. The molecular weight excluding hydrogens is 262 g/mol. The van der Waals surface area contributed by atoms with E-state index in [1.807, 2.05) is 12.1 Å². The molecule has 1 heterocycles. The number of hydrogen-bond donors (Lipinski definition) is 1. The van der Waals surface area contributed by atoms with Crippen LogP contribution in [0, 0.1) is 5.92 Å². The maximum atomic E-state index is 12.4. The van der Waals surface area contributed by atoms with Crippen LogP contribution in [0.25, 0.3) is 0 Å². The van der Waals surface area contributed by atoms with Crippen LogP contribution in [0.4, 0.5) is 0 Å². The summed E-state index contributed by atoms with van der Waals surface area (Å²) in [5, 5.41) is 3.35. The van der Waals surface area contributed by atoms with Crippen molar-refractivity contribution in [3.8, 4) is 0 Å². The van der Waals surface area contributed by atoms with Crippen LogP contribution in [0.15, 0.2) is 18.2 Å². The molecule has 0 saturated heterocycles. The molecule has 1 aliphatic heterocycles. The van der Waals surface area contributed by atoms with E-state index in [0.29, 0.717) is 11.5 Å². The largest absolute Gasteiger partial charge is 0.458 e. The molecule has 3 heteroatoms. The van der Waals surface area contributed by atoms with E-state index in [1.54, 1.807) is 0 Å². The zero-order valence-corrected chi connectivity index (χ0v) is 12.9. The van der Waals surface area contributed by atoms with Crippen molar-refractivity contribution in [3.63, 3.8) is 0 Å². The molecule has 2 atom stereocenters. The molecule has 1 saturated carbocycles. The van der Waals surface area contributed by atoms with Gasteiger partial charge in [-0.3, -0.25) is 0 Å². The minimum atomic E-state index is -0.145. The number of ether oxygens (including phenoxy) is 1. The summed E-state index contributed by atoms with van der Waals surface area (Å²) in [5.74, 6) is 0.399. The highest BCUT2D eigenvalue weighted by molar-refractivity contribution is 5.89. The van der Waals surface area contributed by atoms with Crippen LogP contribution in [0.5, 0.6) is 0 Å². The Balaban J connectivity index is 1.70. The van der Waals surface area contributed by atoms with E-state index in [0.717, 1.165) is 32.4 Å². The first-order chi connectivity index (χ1) is 10.3. The first kappa shape index (κ1) is 14.6. The zero-order valence-electron chi connectivity index (χ0n) is 12.9. The Labute approximate surface area is 127 Å². The van der Waals surface area contributed by atoms with Crippen molar-refractivity contribution in [1.29, 1.82) is 0 Å². The standard InChI is InChI=1S/C18H25NO2/c1-2-13-5-3-4-6-17(13)21-18(20)15-8-7-14-9-10-19-12-16(14)11-15/h7-8,11,13,17,19H,2-6,9-10,12H2,1H3. The lowest BCUT2D eigenvalue weighted by Crippen LogP contribution is -2.30. The lowest BCUT2D eigenvalue weighted by molar-refractivity contribution is 0.000696. The maximum Gasteiger partial charge on any atom is 0.338 e. The molecule has 21 heavy (non-hydrogen) atoms. The normalized spacial score (nSPS) is 25.2. The number of hydrogen-bond acceptors (Lipinski definition) is 3. The van der Waals surface area contributed by atoms with Gasteiger partial charge in [-0.2, -0.15) is 0 Å².